The molecule has 1 atom stereocenters. The lowest BCUT2D eigenvalue weighted by Gasteiger charge is -2.15. The maximum Gasteiger partial charge on any atom is 0.222 e. The van der Waals surface area contributed by atoms with Crippen LogP contribution in [0.3, 0.4) is 0 Å². The van der Waals surface area contributed by atoms with E-state index in [4.69, 9.17) is 11.6 Å². The number of benzene rings is 2. The summed E-state index contributed by atoms with van der Waals surface area (Å²) in [6, 6.07) is 15.6. The summed E-state index contributed by atoms with van der Waals surface area (Å²) < 4.78 is 0. The third kappa shape index (κ3) is 4.78. The molecule has 2 N–H and O–H groups in total. The highest BCUT2D eigenvalue weighted by Gasteiger charge is 2.09. The zero-order valence-electron chi connectivity index (χ0n) is 12.9. The van der Waals surface area contributed by atoms with Crippen LogP contribution in [0.25, 0.3) is 0 Å². The first kappa shape index (κ1) is 16.4. The van der Waals surface area contributed by atoms with Crippen LogP contribution in [0.5, 0.6) is 0 Å². The lowest BCUT2D eigenvalue weighted by molar-refractivity contribution is -0.121. The highest BCUT2D eigenvalue weighted by molar-refractivity contribution is 6.30. The second kappa shape index (κ2) is 7.85. The van der Waals surface area contributed by atoms with Crippen LogP contribution in [-0.4, -0.2) is 12.5 Å². The molecule has 1 unspecified atom stereocenters. The van der Waals surface area contributed by atoms with Gasteiger partial charge in [0.05, 0.1) is 6.04 Å². The van der Waals surface area contributed by atoms with Gasteiger partial charge in [0.25, 0.3) is 0 Å². The van der Waals surface area contributed by atoms with Crippen LogP contribution in [0.1, 0.15) is 30.5 Å². The van der Waals surface area contributed by atoms with Gasteiger partial charge in [0, 0.05) is 23.7 Å². The molecule has 0 saturated heterocycles. The van der Waals surface area contributed by atoms with Gasteiger partial charge in [-0.1, -0.05) is 41.9 Å². The minimum Gasteiger partial charge on any atom is -0.384 e. The fourth-order valence-corrected chi connectivity index (χ4v) is 2.50. The second-order valence-corrected chi connectivity index (χ2v) is 5.77. The average molecular weight is 317 g/mol. The molecule has 4 heteroatoms. The number of anilines is 1. The maximum atomic E-state index is 12.0. The predicted octanol–water partition coefficient (Wildman–Crippen LogP) is 4.33. The van der Waals surface area contributed by atoms with Crippen LogP contribution >= 0.6 is 11.6 Å². The third-order valence-electron chi connectivity index (χ3n) is 3.53. The number of hydrogen-bond donors (Lipinski definition) is 2. The zero-order chi connectivity index (χ0) is 15.9. The Hall–Kier alpha value is -2.00. The third-order valence-corrected chi connectivity index (χ3v) is 3.77. The maximum absolute atomic E-state index is 12.0. The molecular formula is C18H21ClN2O. The van der Waals surface area contributed by atoms with Crippen molar-refractivity contribution in [2.24, 2.45) is 0 Å². The fourth-order valence-electron chi connectivity index (χ4n) is 2.27. The molecule has 0 aliphatic carbocycles. The van der Waals surface area contributed by atoms with Crippen molar-refractivity contribution >= 4 is 23.2 Å². The summed E-state index contributed by atoms with van der Waals surface area (Å²) in [5, 5.41) is 6.99. The first-order valence-electron chi connectivity index (χ1n) is 7.40. The van der Waals surface area contributed by atoms with Gasteiger partial charge < -0.3 is 10.6 Å². The van der Waals surface area contributed by atoms with Gasteiger partial charge in [-0.2, -0.15) is 0 Å². The van der Waals surface area contributed by atoms with Crippen molar-refractivity contribution in [1.29, 1.82) is 0 Å². The van der Waals surface area contributed by atoms with Gasteiger partial charge in [-0.3, -0.25) is 4.79 Å². The van der Waals surface area contributed by atoms with Gasteiger partial charge >= 0.3 is 0 Å². The Morgan fingerprint density at radius 1 is 1.18 bits per heavy atom. The van der Waals surface area contributed by atoms with E-state index in [-0.39, 0.29) is 11.9 Å². The summed E-state index contributed by atoms with van der Waals surface area (Å²) in [5.41, 5.74) is 3.19. The summed E-state index contributed by atoms with van der Waals surface area (Å²) in [7, 11) is 0. The smallest absolute Gasteiger partial charge is 0.222 e. The zero-order valence-corrected chi connectivity index (χ0v) is 13.7. The topological polar surface area (TPSA) is 41.1 Å². The van der Waals surface area contributed by atoms with E-state index in [1.54, 1.807) is 0 Å². The first-order valence-corrected chi connectivity index (χ1v) is 7.78. The van der Waals surface area contributed by atoms with E-state index < -0.39 is 0 Å². The van der Waals surface area contributed by atoms with Gasteiger partial charge in [0.2, 0.25) is 5.91 Å². The Balaban J connectivity index is 1.78. The van der Waals surface area contributed by atoms with Crippen LogP contribution in [-0.2, 0) is 4.79 Å². The first-order chi connectivity index (χ1) is 10.6. The van der Waals surface area contributed by atoms with Gasteiger partial charge in [0.15, 0.2) is 0 Å². The number of nitrogens with one attached hydrogen (secondary N) is 2. The minimum absolute atomic E-state index is 0.0194. The fraction of sp³-hybridized carbons (Fsp3) is 0.278. The molecule has 0 heterocycles. The molecule has 3 nitrogen and oxygen atoms in total. The number of halogens is 1. The molecular weight excluding hydrogens is 296 g/mol. The second-order valence-electron chi connectivity index (χ2n) is 5.34. The minimum atomic E-state index is 0.0194. The summed E-state index contributed by atoms with van der Waals surface area (Å²) in [6.07, 6.45) is 0.430. The molecule has 0 spiro atoms. The standard InChI is InChI=1S/C18H21ClN2O/c1-13-12-16(19)8-9-17(13)20-11-10-18(22)21-14(2)15-6-4-3-5-7-15/h3-9,12,14,20H,10-11H2,1-2H3,(H,21,22). The van der Waals surface area contributed by atoms with Gasteiger partial charge in [-0.25, -0.2) is 0 Å². The van der Waals surface area contributed by atoms with Crippen LogP contribution < -0.4 is 10.6 Å². The van der Waals surface area contributed by atoms with E-state index in [1.807, 2.05) is 62.4 Å². The monoisotopic (exact) mass is 316 g/mol. The normalized spacial score (nSPS) is 11.8. The Morgan fingerprint density at radius 3 is 2.59 bits per heavy atom. The molecule has 116 valence electrons. The number of carbonyl (C=O) groups is 1. The molecule has 0 aliphatic rings. The van der Waals surface area contributed by atoms with Crippen LogP contribution in [0.4, 0.5) is 5.69 Å². The van der Waals surface area contributed by atoms with Gasteiger partial charge in [0.1, 0.15) is 0 Å². The Bertz CT molecular complexity index is 628. The number of aryl methyl sites for hydroxylation is 1. The number of hydrogen-bond acceptors (Lipinski definition) is 2. The number of amides is 1. The Labute approximate surface area is 136 Å². The largest absolute Gasteiger partial charge is 0.384 e. The molecule has 0 saturated carbocycles. The molecule has 2 aromatic rings. The summed E-state index contributed by atoms with van der Waals surface area (Å²) in [4.78, 5) is 12.0. The molecule has 0 aliphatic heterocycles. The lowest BCUT2D eigenvalue weighted by atomic mass is 10.1. The molecule has 22 heavy (non-hydrogen) atoms. The van der Waals surface area contributed by atoms with Crippen molar-refractivity contribution in [3.8, 4) is 0 Å². The Morgan fingerprint density at radius 2 is 1.91 bits per heavy atom. The average Bonchev–Trinajstić information content (AvgIpc) is 2.50. The van der Waals surface area contributed by atoms with Crippen LogP contribution in [0.2, 0.25) is 5.02 Å². The van der Waals surface area contributed by atoms with E-state index in [0.29, 0.717) is 13.0 Å². The highest BCUT2D eigenvalue weighted by atomic mass is 35.5. The van der Waals surface area contributed by atoms with E-state index in [9.17, 15) is 4.79 Å². The van der Waals surface area contributed by atoms with Crippen LogP contribution in [0.15, 0.2) is 48.5 Å². The van der Waals surface area contributed by atoms with Crippen molar-refractivity contribution in [1.82, 2.24) is 5.32 Å². The molecule has 2 aromatic carbocycles. The SMILES string of the molecule is Cc1cc(Cl)ccc1NCCC(=O)NC(C)c1ccccc1. The van der Waals surface area contributed by atoms with E-state index in [0.717, 1.165) is 21.8 Å². The van der Waals surface area contributed by atoms with Gasteiger partial charge in [-0.05, 0) is 43.2 Å². The molecule has 0 aromatic heterocycles. The van der Waals surface area contributed by atoms with E-state index in [2.05, 4.69) is 10.6 Å². The van der Waals surface area contributed by atoms with Crippen molar-refractivity contribution in [3.63, 3.8) is 0 Å². The quantitative estimate of drug-likeness (QED) is 0.833. The summed E-state index contributed by atoms with van der Waals surface area (Å²) in [6.45, 7) is 4.57. The van der Waals surface area contributed by atoms with E-state index in [1.165, 1.54) is 0 Å². The van der Waals surface area contributed by atoms with E-state index >= 15 is 0 Å². The van der Waals surface area contributed by atoms with Crippen molar-refractivity contribution < 1.29 is 4.79 Å². The van der Waals surface area contributed by atoms with Gasteiger partial charge in [-0.15, -0.1) is 0 Å². The Kier molecular flexibility index (Phi) is 5.84. The van der Waals surface area contributed by atoms with Crippen molar-refractivity contribution in [2.75, 3.05) is 11.9 Å². The predicted molar refractivity (Wildman–Crippen MR) is 92.3 cm³/mol. The number of carbonyl (C=O) groups excluding carboxylic acids is 1. The highest BCUT2D eigenvalue weighted by Crippen LogP contribution is 2.19. The molecule has 2 rings (SSSR count). The number of rotatable bonds is 6. The van der Waals surface area contributed by atoms with Crippen LogP contribution in [0, 0.1) is 6.92 Å². The summed E-state index contributed by atoms with van der Waals surface area (Å²) >= 11 is 5.93. The summed E-state index contributed by atoms with van der Waals surface area (Å²) in [5.74, 6) is 0.0375. The molecule has 0 fully saturated rings. The molecule has 1 amide bonds. The molecule has 0 bridgehead atoms. The molecule has 0 radical (unpaired) electrons. The van der Waals surface area contributed by atoms with Crippen molar-refractivity contribution in [2.45, 2.75) is 26.3 Å². The van der Waals surface area contributed by atoms with Crippen molar-refractivity contribution in [3.05, 3.63) is 64.7 Å². The lowest BCUT2D eigenvalue weighted by Crippen LogP contribution is -2.28.